The van der Waals surface area contributed by atoms with Crippen molar-refractivity contribution < 1.29 is 9.53 Å². The number of hydrogen-bond acceptors (Lipinski definition) is 4. The zero-order valence-electron chi connectivity index (χ0n) is 14.0. The number of rotatable bonds is 4. The molecule has 0 radical (unpaired) electrons. The van der Waals surface area contributed by atoms with Crippen LogP contribution in [0.5, 0.6) is 5.75 Å². The highest BCUT2D eigenvalue weighted by Gasteiger charge is 2.30. The number of anilines is 2. The Bertz CT molecular complexity index is 872. The van der Waals surface area contributed by atoms with Crippen LogP contribution in [0.25, 0.3) is 11.0 Å². The molecule has 25 heavy (non-hydrogen) atoms. The van der Waals surface area contributed by atoms with Crippen molar-refractivity contribution >= 4 is 28.6 Å². The number of ether oxygens (including phenoxy) is 1. The van der Waals surface area contributed by atoms with Gasteiger partial charge in [0, 0.05) is 18.3 Å². The smallest absolute Gasteiger partial charge is 0.249 e. The minimum atomic E-state index is -0.291. The zero-order chi connectivity index (χ0) is 17.2. The van der Waals surface area contributed by atoms with Crippen LogP contribution in [0.4, 0.5) is 11.6 Å². The zero-order valence-corrected chi connectivity index (χ0v) is 14.0. The lowest BCUT2D eigenvalue weighted by Gasteiger charge is -2.32. The number of aromatic nitrogens is 2. The van der Waals surface area contributed by atoms with Gasteiger partial charge in [-0.25, -0.2) is 4.98 Å². The Labute approximate surface area is 145 Å². The normalized spacial score (nSPS) is 17.7. The Morgan fingerprint density at radius 2 is 2.12 bits per heavy atom. The number of para-hydroxylation sites is 2. The highest BCUT2D eigenvalue weighted by Crippen LogP contribution is 2.26. The number of fused-ring (bicyclic) bond motifs is 1. The third-order valence-electron chi connectivity index (χ3n) is 4.50. The van der Waals surface area contributed by atoms with Crippen molar-refractivity contribution in [2.45, 2.75) is 18.9 Å². The van der Waals surface area contributed by atoms with E-state index >= 15 is 0 Å². The monoisotopic (exact) mass is 336 g/mol. The summed E-state index contributed by atoms with van der Waals surface area (Å²) in [5, 5.41) is 3.26. The van der Waals surface area contributed by atoms with Gasteiger partial charge in [-0.15, -0.1) is 0 Å². The molecule has 1 unspecified atom stereocenters. The van der Waals surface area contributed by atoms with Gasteiger partial charge >= 0.3 is 0 Å². The molecule has 0 saturated carbocycles. The molecule has 1 fully saturated rings. The Morgan fingerprint density at radius 1 is 1.24 bits per heavy atom. The van der Waals surface area contributed by atoms with Crippen molar-refractivity contribution in [2.75, 3.05) is 23.9 Å². The first-order valence-electron chi connectivity index (χ1n) is 8.41. The van der Waals surface area contributed by atoms with Crippen LogP contribution in [-0.4, -0.2) is 35.6 Å². The quantitative estimate of drug-likeness (QED) is 0.768. The molecule has 1 saturated heterocycles. The van der Waals surface area contributed by atoms with Crippen molar-refractivity contribution in [2.24, 2.45) is 0 Å². The summed E-state index contributed by atoms with van der Waals surface area (Å²) in [6, 6.07) is 15.1. The maximum Gasteiger partial charge on any atom is 0.249 e. The Kier molecular flexibility index (Phi) is 4.01. The molecule has 1 atom stereocenters. The van der Waals surface area contributed by atoms with Crippen molar-refractivity contribution in [3.8, 4) is 5.75 Å². The molecule has 0 bridgehead atoms. The van der Waals surface area contributed by atoms with E-state index in [1.807, 2.05) is 53.4 Å². The van der Waals surface area contributed by atoms with Crippen LogP contribution in [0.1, 0.15) is 12.8 Å². The maximum absolute atomic E-state index is 12.9. The van der Waals surface area contributed by atoms with Crippen molar-refractivity contribution in [1.29, 1.82) is 0 Å². The van der Waals surface area contributed by atoms with Crippen molar-refractivity contribution in [1.82, 2.24) is 9.97 Å². The summed E-state index contributed by atoms with van der Waals surface area (Å²) < 4.78 is 5.27. The van der Waals surface area contributed by atoms with Gasteiger partial charge in [0.15, 0.2) is 0 Å². The van der Waals surface area contributed by atoms with Crippen LogP contribution in [0.3, 0.4) is 0 Å². The van der Waals surface area contributed by atoms with Crippen LogP contribution in [0.15, 0.2) is 48.5 Å². The summed E-state index contributed by atoms with van der Waals surface area (Å²) in [7, 11) is 1.63. The number of benzene rings is 2. The second kappa shape index (κ2) is 6.47. The summed E-state index contributed by atoms with van der Waals surface area (Å²) in [6.07, 6.45) is 1.72. The molecule has 6 nitrogen and oxygen atoms in total. The lowest BCUT2D eigenvalue weighted by Crippen LogP contribution is -2.48. The van der Waals surface area contributed by atoms with E-state index in [0.29, 0.717) is 12.5 Å². The minimum Gasteiger partial charge on any atom is -0.497 e. The van der Waals surface area contributed by atoms with Gasteiger partial charge < -0.3 is 19.9 Å². The Morgan fingerprint density at radius 3 is 2.96 bits per heavy atom. The van der Waals surface area contributed by atoms with Crippen molar-refractivity contribution in [3.05, 3.63) is 48.5 Å². The molecule has 1 amide bonds. The number of methoxy groups -OCH3 is 1. The summed E-state index contributed by atoms with van der Waals surface area (Å²) in [5.41, 5.74) is 2.70. The second-order valence-corrected chi connectivity index (χ2v) is 6.13. The summed E-state index contributed by atoms with van der Waals surface area (Å²) in [6.45, 7) is 0.713. The molecule has 1 aliphatic heterocycles. The van der Waals surface area contributed by atoms with Gasteiger partial charge in [0.05, 0.1) is 18.1 Å². The molecule has 1 aromatic heterocycles. The molecule has 2 aromatic carbocycles. The van der Waals surface area contributed by atoms with Gasteiger partial charge in [-0.2, -0.15) is 0 Å². The van der Waals surface area contributed by atoms with Gasteiger partial charge in [-0.3, -0.25) is 4.79 Å². The molecule has 2 N–H and O–H groups in total. The molecular formula is C19H20N4O2. The SMILES string of the molecule is COc1cccc(N2CCCC(Nc3nc4ccccc4[nH]3)C2=O)c1. The van der Waals surface area contributed by atoms with Crippen molar-refractivity contribution in [3.63, 3.8) is 0 Å². The van der Waals surface area contributed by atoms with Crippen LogP contribution in [0.2, 0.25) is 0 Å². The number of hydrogen-bond donors (Lipinski definition) is 2. The third-order valence-corrected chi connectivity index (χ3v) is 4.50. The number of aromatic amines is 1. The predicted octanol–water partition coefficient (Wildman–Crippen LogP) is 3.18. The molecule has 0 spiro atoms. The Balaban J connectivity index is 1.55. The van der Waals surface area contributed by atoms with Gasteiger partial charge in [-0.1, -0.05) is 18.2 Å². The molecular weight excluding hydrogens is 316 g/mol. The first-order chi connectivity index (χ1) is 12.2. The lowest BCUT2D eigenvalue weighted by molar-refractivity contribution is -0.120. The highest BCUT2D eigenvalue weighted by molar-refractivity contribution is 5.99. The molecule has 6 heteroatoms. The summed E-state index contributed by atoms with van der Waals surface area (Å²) >= 11 is 0. The average molecular weight is 336 g/mol. The minimum absolute atomic E-state index is 0.0555. The van der Waals surface area contributed by atoms with Crippen LogP contribution < -0.4 is 15.0 Å². The molecule has 4 rings (SSSR count). The largest absolute Gasteiger partial charge is 0.497 e. The van der Waals surface area contributed by atoms with E-state index in [1.165, 1.54) is 0 Å². The molecule has 0 aliphatic carbocycles. The number of carbonyl (C=O) groups is 1. The third kappa shape index (κ3) is 3.03. The second-order valence-electron chi connectivity index (χ2n) is 6.13. The van der Waals surface area contributed by atoms with Crippen LogP contribution in [-0.2, 0) is 4.79 Å². The topological polar surface area (TPSA) is 70.2 Å². The number of piperidine rings is 1. The fourth-order valence-electron chi connectivity index (χ4n) is 3.23. The van der Waals surface area contributed by atoms with Gasteiger partial charge in [0.1, 0.15) is 11.8 Å². The first kappa shape index (κ1) is 15.5. The predicted molar refractivity (Wildman–Crippen MR) is 98.1 cm³/mol. The van der Waals surface area contributed by atoms with E-state index in [-0.39, 0.29) is 11.9 Å². The number of amides is 1. The van der Waals surface area contributed by atoms with E-state index in [0.717, 1.165) is 35.3 Å². The van der Waals surface area contributed by atoms with E-state index in [2.05, 4.69) is 15.3 Å². The molecule has 2 heterocycles. The number of imidazole rings is 1. The van der Waals surface area contributed by atoms with E-state index in [1.54, 1.807) is 7.11 Å². The number of nitrogens with zero attached hydrogens (tertiary/aromatic N) is 2. The molecule has 1 aliphatic rings. The number of nitrogens with one attached hydrogen (secondary N) is 2. The van der Waals surface area contributed by atoms with E-state index in [9.17, 15) is 4.79 Å². The van der Waals surface area contributed by atoms with Crippen LogP contribution in [0, 0.1) is 0 Å². The van der Waals surface area contributed by atoms with E-state index < -0.39 is 0 Å². The van der Waals surface area contributed by atoms with Gasteiger partial charge in [0.25, 0.3) is 0 Å². The first-order valence-corrected chi connectivity index (χ1v) is 8.41. The number of carbonyl (C=O) groups excluding carboxylic acids is 1. The maximum atomic E-state index is 12.9. The number of H-pyrrole nitrogens is 1. The fraction of sp³-hybridized carbons (Fsp3) is 0.263. The Hall–Kier alpha value is -3.02. The lowest BCUT2D eigenvalue weighted by atomic mass is 10.0. The highest BCUT2D eigenvalue weighted by atomic mass is 16.5. The summed E-state index contributed by atoms with van der Waals surface area (Å²) in [5.74, 6) is 1.43. The van der Waals surface area contributed by atoms with Gasteiger partial charge in [-0.05, 0) is 37.1 Å². The van der Waals surface area contributed by atoms with Gasteiger partial charge in [0.2, 0.25) is 11.9 Å². The fourth-order valence-corrected chi connectivity index (χ4v) is 3.23. The standard InChI is InChI=1S/C19H20N4O2/c1-25-14-7-4-6-13(12-14)23-11-5-10-17(18(23)24)22-19-20-15-8-2-3-9-16(15)21-19/h2-4,6-9,12,17H,5,10-11H2,1H3,(H2,20,21,22). The molecule has 128 valence electrons. The van der Waals surface area contributed by atoms with Crippen LogP contribution >= 0.6 is 0 Å². The van der Waals surface area contributed by atoms with E-state index in [4.69, 9.17) is 4.74 Å². The average Bonchev–Trinajstić information content (AvgIpc) is 3.06. The molecule has 3 aromatic rings. The summed E-state index contributed by atoms with van der Waals surface area (Å²) in [4.78, 5) is 22.5.